The molecule has 0 amide bonds. The summed E-state index contributed by atoms with van der Waals surface area (Å²) in [5.41, 5.74) is -0.215. The van der Waals surface area contributed by atoms with Gasteiger partial charge in [-0.15, -0.1) is 3.89 Å². The van der Waals surface area contributed by atoms with Crippen molar-refractivity contribution in [2.24, 2.45) is 0 Å². The van der Waals surface area contributed by atoms with Crippen LogP contribution in [0.25, 0.3) is 0 Å². The minimum absolute atomic E-state index is 0.215. The van der Waals surface area contributed by atoms with E-state index in [0.717, 1.165) is 36.4 Å². The molecule has 0 atom stereocenters. The van der Waals surface area contributed by atoms with Crippen molar-refractivity contribution < 1.29 is 29.1 Å². The maximum atomic E-state index is 13.0. The van der Waals surface area contributed by atoms with Gasteiger partial charge in [-0.25, -0.2) is 16.8 Å². The van der Waals surface area contributed by atoms with Gasteiger partial charge in [-0.1, -0.05) is 12.1 Å². The number of nitrogens with one attached hydrogen (secondary N) is 1. The highest BCUT2D eigenvalue weighted by molar-refractivity contribution is 8.13. The van der Waals surface area contributed by atoms with E-state index in [1.54, 1.807) is 0 Å². The predicted octanol–water partition coefficient (Wildman–Crippen LogP) is 2.07. The number of halogens is 2. The molecule has 24 heavy (non-hydrogen) atoms. The zero-order valence-electron chi connectivity index (χ0n) is 11.5. The molecule has 2 aromatic rings. The van der Waals surface area contributed by atoms with E-state index in [4.69, 9.17) is 10.7 Å². The van der Waals surface area contributed by atoms with Gasteiger partial charge < -0.3 is 0 Å². The van der Waals surface area contributed by atoms with Gasteiger partial charge in [0.15, 0.2) is 0 Å². The highest BCUT2D eigenvalue weighted by Crippen LogP contribution is 2.23. The third-order valence-corrected chi connectivity index (χ3v) is 6.31. The van der Waals surface area contributed by atoms with Crippen LogP contribution in [0.4, 0.5) is 9.57 Å². The van der Waals surface area contributed by atoms with E-state index in [1.165, 1.54) is 12.1 Å². The normalized spacial score (nSPS) is 12.8. The van der Waals surface area contributed by atoms with Crippen molar-refractivity contribution in [3.63, 3.8) is 0 Å². The van der Waals surface area contributed by atoms with Crippen molar-refractivity contribution in [2.75, 3.05) is 4.72 Å². The summed E-state index contributed by atoms with van der Waals surface area (Å²) in [7, 11) is -8.22. The van der Waals surface area contributed by atoms with Gasteiger partial charge in [-0.3, -0.25) is 4.72 Å². The van der Waals surface area contributed by atoms with E-state index in [9.17, 15) is 29.1 Å². The Hall–Kier alpha value is -1.69. The van der Waals surface area contributed by atoms with Crippen molar-refractivity contribution in [2.45, 2.75) is 14.7 Å². The molecule has 0 aliphatic carbocycles. The summed E-state index contributed by atoms with van der Waals surface area (Å²) in [6, 6.07) is 8.31. The summed E-state index contributed by atoms with van der Waals surface area (Å²) < 4.78 is 83.7. The topological polar surface area (TPSA) is 114 Å². The third-order valence-electron chi connectivity index (χ3n) is 2.77. The summed E-state index contributed by atoms with van der Waals surface area (Å²) in [5.74, 6) is 0. The number of hydrogen-bond donors (Lipinski definition) is 1. The van der Waals surface area contributed by atoms with Crippen molar-refractivity contribution in [1.29, 1.82) is 0 Å². The van der Waals surface area contributed by atoms with Crippen molar-refractivity contribution in [1.82, 2.24) is 0 Å². The van der Waals surface area contributed by atoms with Crippen LogP contribution < -0.4 is 4.72 Å². The first-order chi connectivity index (χ1) is 10.9. The van der Waals surface area contributed by atoms with Gasteiger partial charge >= 0.3 is 10.2 Å². The van der Waals surface area contributed by atoms with E-state index in [2.05, 4.69) is 0 Å². The Morgan fingerprint density at radius 2 is 1.33 bits per heavy atom. The first-order valence-electron chi connectivity index (χ1n) is 6.02. The number of sulfonamides is 1. The molecule has 0 bridgehead atoms. The van der Waals surface area contributed by atoms with Crippen LogP contribution in [-0.4, -0.2) is 25.3 Å². The van der Waals surface area contributed by atoms with Crippen LogP contribution in [-0.2, 0) is 29.3 Å². The molecule has 12 heteroatoms. The zero-order chi connectivity index (χ0) is 18.2. The summed E-state index contributed by atoms with van der Waals surface area (Å²) >= 11 is 0. The van der Waals surface area contributed by atoms with E-state index >= 15 is 0 Å². The number of benzene rings is 2. The zero-order valence-corrected chi connectivity index (χ0v) is 14.8. The van der Waals surface area contributed by atoms with E-state index in [0.29, 0.717) is 0 Å². The van der Waals surface area contributed by atoms with Crippen LogP contribution in [0.1, 0.15) is 0 Å². The average Bonchev–Trinajstić information content (AvgIpc) is 2.45. The second-order valence-corrected chi connectivity index (χ2v) is 10.1. The quantitative estimate of drug-likeness (QED) is 0.750. The Morgan fingerprint density at radius 1 is 0.792 bits per heavy atom. The molecule has 0 heterocycles. The summed E-state index contributed by atoms with van der Waals surface area (Å²) in [4.78, 5) is -1.57. The van der Waals surface area contributed by atoms with Crippen molar-refractivity contribution in [3.8, 4) is 0 Å². The maximum absolute atomic E-state index is 13.0. The Balaban J connectivity index is 2.43. The highest BCUT2D eigenvalue weighted by Gasteiger charge is 2.19. The van der Waals surface area contributed by atoms with E-state index in [-0.39, 0.29) is 5.69 Å². The lowest BCUT2D eigenvalue weighted by Crippen LogP contribution is -2.13. The molecule has 0 aliphatic rings. The summed E-state index contributed by atoms with van der Waals surface area (Å²) in [6.45, 7) is 0. The Morgan fingerprint density at radius 3 is 1.92 bits per heavy atom. The second-order valence-electron chi connectivity index (χ2n) is 4.48. The van der Waals surface area contributed by atoms with Crippen molar-refractivity contribution >= 4 is 45.7 Å². The molecule has 2 rings (SSSR count). The Labute approximate surface area is 142 Å². The van der Waals surface area contributed by atoms with Gasteiger partial charge in [-0.2, -0.15) is 8.42 Å². The first kappa shape index (κ1) is 18.6. The molecule has 0 saturated carbocycles. The monoisotopic (exact) mass is 413 g/mol. The first-order valence-corrected chi connectivity index (χ1v) is 11.2. The number of hydrogen-bond acceptors (Lipinski definition) is 6. The lowest BCUT2D eigenvalue weighted by Gasteiger charge is -2.09. The third kappa shape index (κ3) is 4.44. The molecule has 0 aliphatic heterocycles. The lowest BCUT2D eigenvalue weighted by molar-refractivity contribution is 0.552. The maximum Gasteiger partial charge on any atom is 0.332 e. The molecular weight excluding hydrogens is 405 g/mol. The van der Waals surface area contributed by atoms with Crippen LogP contribution in [0, 0.1) is 0 Å². The van der Waals surface area contributed by atoms with Gasteiger partial charge in [-0.05, 0) is 36.4 Å². The molecule has 7 nitrogen and oxygen atoms in total. The van der Waals surface area contributed by atoms with Gasteiger partial charge in [0.2, 0.25) is 0 Å². The fourth-order valence-electron chi connectivity index (χ4n) is 1.72. The summed E-state index contributed by atoms with van der Waals surface area (Å²) in [6.07, 6.45) is 0. The summed E-state index contributed by atoms with van der Waals surface area (Å²) in [5, 5.41) is 0. The van der Waals surface area contributed by atoms with E-state index < -0.39 is 44.0 Å². The molecule has 0 fully saturated rings. The molecule has 1 N–H and O–H groups in total. The van der Waals surface area contributed by atoms with Gasteiger partial charge in [0.05, 0.1) is 15.5 Å². The Kier molecular flexibility index (Phi) is 4.91. The molecule has 0 spiro atoms. The molecule has 0 unspecified atom stereocenters. The van der Waals surface area contributed by atoms with Crippen LogP contribution in [0.3, 0.4) is 0 Å². The van der Waals surface area contributed by atoms with Crippen LogP contribution >= 0.6 is 10.7 Å². The van der Waals surface area contributed by atoms with Gasteiger partial charge in [0, 0.05) is 10.7 Å². The largest absolute Gasteiger partial charge is 0.332 e. The van der Waals surface area contributed by atoms with Gasteiger partial charge in [0.1, 0.15) is 4.90 Å². The Bertz CT molecular complexity index is 1100. The standard InChI is InChI=1S/C12H9ClFNO6S3/c13-22(16,17)10-4-2-6-12(8-10)24(20,21)15-9-3-1-5-11(7-9)23(14,18)19/h1-8,15H. The smallest absolute Gasteiger partial charge is 0.280 e. The lowest BCUT2D eigenvalue weighted by atomic mass is 10.3. The van der Waals surface area contributed by atoms with Crippen LogP contribution in [0.5, 0.6) is 0 Å². The van der Waals surface area contributed by atoms with Gasteiger partial charge in [0.25, 0.3) is 19.1 Å². The molecular formula is C12H9ClFNO6S3. The van der Waals surface area contributed by atoms with Crippen LogP contribution in [0.2, 0.25) is 0 Å². The SMILES string of the molecule is O=S(=O)(F)c1cccc(NS(=O)(=O)c2cccc(S(=O)(=O)Cl)c2)c1. The minimum Gasteiger partial charge on any atom is -0.280 e. The molecule has 0 saturated heterocycles. The fourth-order valence-corrected chi connectivity index (χ4v) is 4.19. The predicted molar refractivity (Wildman–Crippen MR) is 85.0 cm³/mol. The highest BCUT2D eigenvalue weighted by atomic mass is 35.7. The van der Waals surface area contributed by atoms with Crippen molar-refractivity contribution in [3.05, 3.63) is 48.5 Å². The molecule has 2 aromatic carbocycles. The van der Waals surface area contributed by atoms with Crippen LogP contribution in [0.15, 0.2) is 63.2 Å². The molecule has 0 aromatic heterocycles. The molecule has 0 radical (unpaired) electrons. The fraction of sp³-hybridized carbons (Fsp3) is 0. The number of rotatable bonds is 5. The number of anilines is 1. The molecule has 130 valence electrons. The average molecular weight is 414 g/mol. The minimum atomic E-state index is -5.00. The van der Waals surface area contributed by atoms with E-state index in [1.807, 2.05) is 4.72 Å². The second kappa shape index (κ2) is 6.31.